The fourth-order valence-electron chi connectivity index (χ4n) is 1.96. The molecule has 0 fully saturated rings. The second kappa shape index (κ2) is 10.9. The van der Waals surface area contributed by atoms with Crippen molar-refractivity contribution < 1.29 is 14.6 Å². The highest BCUT2D eigenvalue weighted by Gasteiger charge is 1.97. The molecule has 1 heterocycles. The van der Waals surface area contributed by atoms with E-state index in [1.54, 1.807) is 11.3 Å². The van der Waals surface area contributed by atoms with Gasteiger partial charge < -0.3 is 9.84 Å². The van der Waals surface area contributed by atoms with Gasteiger partial charge in [-0.25, -0.2) is 0 Å². The van der Waals surface area contributed by atoms with E-state index in [0.717, 1.165) is 30.9 Å². The predicted molar refractivity (Wildman–Crippen MR) is 79.0 cm³/mol. The van der Waals surface area contributed by atoms with Crippen LogP contribution in [0.2, 0.25) is 0 Å². The summed E-state index contributed by atoms with van der Waals surface area (Å²) in [7, 11) is 0. The molecule has 0 saturated carbocycles. The second-order valence-electron chi connectivity index (χ2n) is 4.75. The SMILES string of the molecule is O=C(O)CCCCCCCCCCOc1cccs1. The summed E-state index contributed by atoms with van der Waals surface area (Å²) in [5, 5.41) is 11.5. The Hall–Kier alpha value is -1.03. The standard InChI is InChI=1S/C15H24O3S/c16-14(17)10-7-5-3-1-2-4-6-8-12-18-15-11-9-13-19-15/h9,11,13H,1-8,10,12H2,(H,16,17). The zero-order valence-electron chi connectivity index (χ0n) is 11.5. The Kier molecular flexibility index (Phi) is 9.15. The van der Waals surface area contributed by atoms with Crippen LogP contribution in [0.1, 0.15) is 57.8 Å². The van der Waals surface area contributed by atoms with Crippen molar-refractivity contribution in [1.29, 1.82) is 0 Å². The molecular formula is C15H24O3S. The van der Waals surface area contributed by atoms with Crippen molar-refractivity contribution in [2.75, 3.05) is 6.61 Å². The molecule has 0 bridgehead atoms. The van der Waals surface area contributed by atoms with Gasteiger partial charge in [0.2, 0.25) is 0 Å². The summed E-state index contributed by atoms with van der Waals surface area (Å²) in [6.07, 6.45) is 9.44. The molecule has 0 saturated heterocycles. The van der Waals surface area contributed by atoms with Crippen molar-refractivity contribution >= 4 is 17.3 Å². The van der Waals surface area contributed by atoms with Gasteiger partial charge in [-0.15, -0.1) is 11.3 Å². The summed E-state index contributed by atoms with van der Waals surface area (Å²) in [6, 6.07) is 4.01. The van der Waals surface area contributed by atoms with Crippen molar-refractivity contribution in [1.82, 2.24) is 0 Å². The molecule has 0 unspecified atom stereocenters. The van der Waals surface area contributed by atoms with E-state index in [1.807, 2.05) is 17.5 Å². The van der Waals surface area contributed by atoms with Crippen LogP contribution in [0, 0.1) is 0 Å². The highest BCUT2D eigenvalue weighted by Crippen LogP contribution is 2.18. The number of rotatable bonds is 12. The first-order valence-corrected chi connectivity index (χ1v) is 8.05. The van der Waals surface area contributed by atoms with Gasteiger partial charge in [-0.1, -0.05) is 38.5 Å². The second-order valence-corrected chi connectivity index (χ2v) is 5.66. The minimum Gasteiger partial charge on any atom is -0.484 e. The van der Waals surface area contributed by atoms with Gasteiger partial charge in [0, 0.05) is 6.42 Å². The van der Waals surface area contributed by atoms with E-state index in [1.165, 1.54) is 32.1 Å². The molecular weight excluding hydrogens is 260 g/mol. The van der Waals surface area contributed by atoms with E-state index >= 15 is 0 Å². The molecule has 1 rings (SSSR count). The summed E-state index contributed by atoms with van der Waals surface area (Å²) in [4.78, 5) is 10.3. The number of carboxylic acid groups (broad SMARTS) is 1. The molecule has 0 aliphatic heterocycles. The third-order valence-electron chi connectivity index (χ3n) is 3.02. The molecule has 0 aromatic carbocycles. The largest absolute Gasteiger partial charge is 0.484 e. The topological polar surface area (TPSA) is 46.5 Å². The Morgan fingerprint density at radius 3 is 2.26 bits per heavy atom. The molecule has 1 aromatic heterocycles. The average Bonchev–Trinajstić information content (AvgIpc) is 2.88. The molecule has 0 aliphatic carbocycles. The van der Waals surface area contributed by atoms with E-state index in [2.05, 4.69) is 0 Å². The lowest BCUT2D eigenvalue weighted by atomic mass is 10.1. The van der Waals surface area contributed by atoms with Crippen LogP contribution in [0.25, 0.3) is 0 Å². The lowest BCUT2D eigenvalue weighted by Gasteiger charge is -2.03. The maximum atomic E-state index is 10.3. The number of ether oxygens (including phenoxy) is 1. The van der Waals surface area contributed by atoms with Gasteiger partial charge >= 0.3 is 5.97 Å². The van der Waals surface area contributed by atoms with E-state index in [0.29, 0.717) is 6.42 Å². The zero-order chi connectivity index (χ0) is 13.8. The minimum absolute atomic E-state index is 0.320. The number of unbranched alkanes of at least 4 members (excludes halogenated alkanes) is 7. The van der Waals surface area contributed by atoms with Gasteiger partial charge in [-0.2, -0.15) is 0 Å². The minimum atomic E-state index is -0.675. The van der Waals surface area contributed by atoms with E-state index in [-0.39, 0.29) is 0 Å². The Morgan fingerprint density at radius 1 is 1.05 bits per heavy atom. The molecule has 19 heavy (non-hydrogen) atoms. The molecule has 0 aliphatic rings. The number of hydrogen-bond acceptors (Lipinski definition) is 3. The highest BCUT2D eigenvalue weighted by atomic mass is 32.1. The number of carbonyl (C=O) groups is 1. The Morgan fingerprint density at radius 2 is 1.68 bits per heavy atom. The summed E-state index contributed by atoms with van der Waals surface area (Å²) >= 11 is 1.64. The Labute approximate surface area is 119 Å². The van der Waals surface area contributed by atoms with Crippen molar-refractivity contribution in [2.24, 2.45) is 0 Å². The van der Waals surface area contributed by atoms with Crippen molar-refractivity contribution in [3.8, 4) is 5.06 Å². The monoisotopic (exact) mass is 284 g/mol. The molecule has 4 heteroatoms. The van der Waals surface area contributed by atoms with Gasteiger partial charge in [0.25, 0.3) is 0 Å². The maximum Gasteiger partial charge on any atom is 0.303 e. The van der Waals surface area contributed by atoms with Crippen molar-refractivity contribution in [3.05, 3.63) is 17.5 Å². The van der Waals surface area contributed by atoms with Crippen LogP contribution < -0.4 is 4.74 Å². The highest BCUT2D eigenvalue weighted by molar-refractivity contribution is 7.11. The molecule has 0 radical (unpaired) electrons. The first kappa shape index (κ1) is 16.0. The number of hydrogen-bond donors (Lipinski definition) is 1. The fourth-order valence-corrected chi connectivity index (χ4v) is 2.56. The van der Waals surface area contributed by atoms with Crippen LogP contribution in [-0.4, -0.2) is 17.7 Å². The van der Waals surface area contributed by atoms with Gasteiger partial charge in [0.1, 0.15) is 0 Å². The van der Waals surface area contributed by atoms with Gasteiger partial charge in [0.05, 0.1) is 6.61 Å². The predicted octanol–water partition coefficient (Wildman–Crippen LogP) is 4.72. The number of aliphatic carboxylic acids is 1. The third kappa shape index (κ3) is 9.54. The first-order chi connectivity index (χ1) is 9.29. The Bertz CT molecular complexity index is 322. The molecule has 0 spiro atoms. The van der Waals surface area contributed by atoms with E-state index < -0.39 is 5.97 Å². The van der Waals surface area contributed by atoms with Crippen LogP contribution in [0.3, 0.4) is 0 Å². The maximum absolute atomic E-state index is 10.3. The van der Waals surface area contributed by atoms with E-state index in [4.69, 9.17) is 9.84 Å². The van der Waals surface area contributed by atoms with E-state index in [9.17, 15) is 4.79 Å². The summed E-state index contributed by atoms with van der Waals surface area (Å²) in [6.45, 7) is 0.819. The summed E-state index contributed by atoms with van der Waals surface area (Å²) in [5.41, 5.74) is 0. The average molecular weight is 284 g/mol. The lowest BCUT2D eigenvalue weighted by Crippen LogP contribution is -1.95. The number of carboxylic acids is 1. The molecule has 3 nitrogen and oxygen atoms in total. The van der Waals surface area contributed by atoms with Gasteiger partial charge in [0.15, 0.2) is 5.06 Å². The van der Waals surface area contributed by atoms with Crippen LogP contribution in [0.5, 0.6) is 5.06 Å². The molecule has 108 valence electrons. The fraction of sp³-hybridized carbons (Fsp3) is 0.667. The van der Waals surface area contributed by atoms with Crippen LogP contribution in [-0.2, 0) is 4.79 Å². The molecule has 0 amide bonds. The van der Waals surface area contributed by atoms with Crippen LogP contribution in [0.15, 0.2) is 17.5 Å². The smallest absolute Gasteiger partial charge is 0.303 e. The summed E-state index contributed by atoms with van der Waals surface area (Å²) < 4.78 is 5.59. The quantitative estimate of drug-likeness (QED) is 0.565. The van der Waals surface area contributed by atoms with Crippen molar-refractivity contribution in [2.45, 2.75) is 57.8 Å². The first-order valence-electron chi connectivity index (χ1n) is 7.17. The molecule has 1 aromatic rings. The van der Waals surface area contributed by atoms with Crippen LogP contribution >= 0.6 is 11.3 Å². The van der Waals surface area contributed by atoms with Crippen molar-refractivity contribution in [3.63, 3.8) is 0 Å². The van der Waals surface area contributed by atoms with Gasteiger partial charge in [-0.05, 0) is 30.4 Å². The lowest BCUT2D eigenvalue weighted by molar-refractivity contribution is -0.137. The summed E-state index contributed by atoms with van der Waals surface area (Å²) in [5.74, 6) is -0.675. The third-order valence-corrected chi connectivity index (χ3v) is 3.80. The molecule has 0 atom stereocenters. The molecule has 1 N–H and O–H groups in total. The number of thiophene rings is 1. The van der Waals surface area contributed by atoms with Gasteiger partial charge in [-0.3, -0.25) is 4.79 Å². The van der Waals surface area contributed by atoms with Crippen LogP contribution in [0.4, 0.5) is 0 Å². The normalized spacial score (nSPS) is 10.5. The zero-order valence-corrected chi connectivity index (χ0v) is 12.3. The Balaban J connectivity index is 1.75.